The summed E-state index contributed by atoms with van der Waals surface area (Å²) in [6, 6.07) is 49.9. The number of anilines is 2. The SMILES string of the molecule is CC1C=CC2(C)C3=C1C(C)(c1ccc(-c4ccccc4)c4ccccc14)C=CC3(C)N(c1cccc3c1C(C)(C)c1ccccc1-3)c1ccccc12. The molecule has 0 saturated carbocycles. The van der Waals surface area contributed by atoms with Crippen molar-refractivity contribution in [3.05, 3.63) is 191 Å². The summed E-state index contributed by atoms with van der Waals surface area (Å²) in [4.78, 5) is 2.71. The summed E-state index contributed by atoms with van der Waals surface area (Å²) in [5.74, 6) is 0.263. The first-order valence-corrected chi connectivity index (χ1v) is 19.0. The lowest BCUT2D eigenvalue weighted by Crippen LogP contribution is -2.58. The molecule has 52 heavy (non-hydrogen) atoms. The van der Waals surface area contributed by atoms with Crippen molar-refractivity contribution in [3.63, 3.8) is 0 Å². The zero-order valence-electron chi connectivity index (χ0n) is 31.0. The fraction of sp³-hybridized carbons (Fsp3) is 0.216. The van der Waals surface area contributed by atoms with E-state index in [-0.39, 0.29) is 22.2 Å². The van der Waals surface area contributed by atoms with Crippen molar-refractivity contribution >= 4 is 22.1 Å². The smallest absolute Gasteiger partial charge is 0.0833 e. The summed E-state index contributed by atoms with van der Waals surface area (Å²) in [5, 5.41) is 2.63. The van der Waals surface area contributed by atoms with Crippen LogP contribution in [0.4, 0.5) is 11.4 Å². The number of rotatable bonds is 3. The van der Waals surface area contributed by atoms with Crippen LogP contribution >= 0.6 is 0 Å². The van der Waals surface area contributed by atoms with E-state index in [1.54, 1.807) is 0 Å². The number of allylic oxidation sites excluding steroid dienone is 4. The van der Waals surface area contributed by atoms with Crippen LogP contribution in [0.15, 0.2) is 169 Å². The van der Waals surface area contributed by atoms with Gasteiger partial charge in [0.15, 0.2) is 0 Å². The van der Waals surface area contributed by atoms with Gasteiger partial charge in [-0.05, 0) is 105 Å². The van der Waals surface area contributed by atoms with E-state index < -0.39 is 5.54 Å². The van der Waals surface area contributed by atoms with Crippen molar-refractivity contribution in [3.8, 4) is 22.3 Å². The average molecular weight is 672 g/mol. The Morgan fingerprint density at radius 1 is 0.481 bits per heavy atom. The van der Waals surface area contributed by atoms with Crippen molar-refractivity contribution in [2.75, 3.05) is 4.90 Å². The third-order valence-electron chi connectivity index (χ3n) is 13.3. The second kappa shape index (κ2) is 10.6. The number of hydrogen-bond donors (Lipinski definition) is 0. The predicted octanol–water partition coefficient (Wildman–Crippen LogP) is 13.0. The lowest BCUT2D eigenvalue weighted by molar-refractivity contribution is 0.440. The lowest BCUT2D eigenvalue weighted by atomic mass is 9.52. The van der Waals surface area contributed by atoms with E-state index >= 15 is 0 Å². The van der Waals surface area contributed by atoms with Gasteiger partial charge in [-0.3, -0.25) is 0 Å². The fourth-order valence-electron chi connectivity index (χ4n) is 11.1. The van der Waals surface area contributed by atoms with Gasteiger partial charge in [-0.25, -0.2) is 0 Å². The van der Waals surface area contributed by atoms with Crippen molar-refractivity contribution in [1.29, 1.82) is 0 Å². The molecule has 1 heteroatoms. The highest BCUT2D eigenvalue weighted by atomic mass is 15.2. The second-order valence-electron chi connectivity index (χ2n) is 16.6. The van der Waals surface area contributed by atoms with Gasteiger partial charge >= 0.3 is 0 Å². The van der Waals surface area contributed by atoms with Gasteiger partial charge in [0.2, 0.25) is 0 Å². The van der Waals surface area contributed by atoms with Crippen molar-refractivity contribution in [2.24, 2.45) is 5.92 Å². The molecule has 0 amide bonds. The molecule has 0 aromatic heterocycles. The molecule has 3 aliphatic carbocycles. The molecule has 0 N–H and O–H groups in total. The highest BCUT2D eigenvalue weighted by Gasteiger charge is 2.57. The Kier molecular flexibility index (Phi) is 6.38. The van der Waals surface area contributed by atoms with E-state index in [1.165, 1.54) is 77.8 Å². The minimum Gasteiger partial charge on any atom is -0.328 e. The van der Waals surface area contributed by atoms with E-state index in [0.717, 1.165) is 0 Å². The molecule has 0 saturated heterocycles. The molecule has 4 aliphatic rings. The molecule has 10 rings (SSSR count). The predicted molar refractivity (Wildman–Crippen MR) is 220 cm³/mol. The molecule has 0 spiro atoms. The molecule has 0 bridgehead atoms. The molecule has 6 aromatic carbocycles. The molecule has 254 valence electrons. The normalized spacial score (nSPS) is 26.2. The lowest BCUT2D eigenvalue weighted by Gasteiger charge is -2.60. The summed E-state index contributed by atoms with van der Waals surface area (Å²) in [6.45, 7) is 14.7. The summed E-state index contributed by atoms with van der Waals surface area (Å²) in [7, 11) is 0. The van der Waals surface area contributed by atoms with Gasteiger partial charge in [0.1, 0.15) is 0 Å². The summed E-state index contributed by atoms with van der Waals surface area (Å²) < 4.78 is 0. The van der Waals surface area contributed by atoms with Crippen LogP contribution in [0.25, 0.3) is 33.0 Å². The summed E-state index contributed by atoms with van der Waals surface area (Å²) in [6.07, 6.45) is 10.1. The van der Waals surface area contributed by atoms with E-state index in [0.29, 0.717) is 0 Å². The molecular formula is C51H45N. The van der Waals surface area contributed by atoms with Crippen LogP contribution in [-0.2, 0) is 16.2 Å². The highest BCUT2D eigenvalue weighted by Crippen LogP contribution is 2.64. The van der Waals surface area contributed by atoms with Gasteiger partial charge in [-0.2, -0.15) is 0 Å². The standard InChI is InChI=1S/C51H45N/c1-33-29-30-50(5)42-24-14-15-25-43(42)52(44-26-16-22-39-38-21-12-13-23-40(38)48(2,3)46(39)44)51(6)32-31-49(4,45(33)47(50)51)41-28-27-35(34-17-8-7-9-18-34)36-19-10-11-20-37(36)41/h7-33H,1-6H3. The monoisotopic (exact) mass is 671 g/mol. The van der Waals surface area contributed by atoms with Crippen LogP contribution in [0.2, 0.25) is 0 Å². The number of benzene rings is 6. The molecule has 0 fully saturated rings. The molecule has 0 radical (unpaired) electrons. The molecule has 6 aromatic rings. The Bertz CT molecular complexity index is 2560. The molecule has 4 atom stereocenters. The van der Waals surface area contributed by atoms with E-state index in [1.807, 2.05) is 0 Å². The number of para-hydroxylation sites is 1. The van der Waals surface area contributed by atoms with E-state index in [2.05, 4.69) is 204 Å². The van der Waals surface area contributed by atoms with Gasteiger partial charge in [0.05, 0.1) is 5.54 Å². The van der Waals surface area contributed by atoms with E-state index in [4.69, 9.17) is 0 Å². The Balaban J connectivity index is 1.26. The number of hydrogen-bond acceptors (Lipinski definition) is 1. The minimum absolute atomic E-state index is 0.141. The van der Waals surface area contributed by atoms with Gasteiger partial charge in [0, 0.05) is 27.6 Å². The first-order chi connectivity index (χ1) is 25.1. The Labute approximate surface area is 308 Å². The van der Waals surface area contributed by atoms with Crippen LogP contribution in [0, 0.1) is 5.92 Å². The Morgan fingerprint density at radius 3 is 1.94 bits per heavy atom. The second-order valence-corrected chi connectivity index (χ2v) is 16.6. The third kappa shape index (κ3) is 3.89. The quantitative estimate of drug-likeness (QED) is 0.169. The first kappa shape index (κ1) is 31.3. The molecule has 1 aliphatic heterocycles. The minimum atomic E-state index is -0.406. The fourth-order valence-corrected chi connectivity index (χ4v) is 11.1. The number of fused-ring (bicyclic) bond motifs is 6. The summed E-state index contributed by atoms with van der Waals surface area (Å²) >= 11 is 0. The first-order valence-electron chi connectivity index (χ1n) is 19.0. The van der Waals surface area contributed by atoms with Gasteiger partial charge in [-0.1, -0.05) is 166 Å². The Hall–Kier alpha value is -5.40. The number of nitrogens with zero attached hydrogens (tertiary/aromatic N) is 1. The van der Waals surface area contributed by atoms with Crippen LogP contribution in [0.5, 0.6) is 0 Å². The Morgan fingerprint density at radius 2 is 1.13 bits per heavy atom. The van der Waals surface area contributed by atoms with Crippen LogP contribution in [0.1, 0.15) is 63.8 Å². The van der Waals surface area contributed by atoms with Crippen molar-refractivity contribution in [1.82, 2.24) is 0 Å². The molecule has 1 heterocycles. The average Bonchev–Trinajstić information content (AvgIpc) is 3.41. The zero-order valence-corrected chi connectivity index (χ0v) is 31.0. The maximum atomic E-state index is 2.71. The molecule has 4 unspecified atom stereocenters. The van der Waals surface area contributed by atoms with Crippen LogP contribution < -0.4 is 4.90 Å². The largest absolute Gasteiger partial charge is 0.328 e. The van der Waals surface area contributed by atoms with E-state index in [9.17, 15) is 0 Å². The van der Waals surface area contributed by atoms with Gasteiger partial charge in [0.25, 0.3) is 0 Å². The molecular weight excluding hydrogens is 627 g/mol. The topological polar surface area (TPSA) is 3.24 Å². The zero-order chi connectivity index (χ0) is 35.6. The van der Waals surface area contributed by atoms with Crippen LogP contribution in [0.3, 0.4) is 0 Å². The third-order valence-corrected chi connectivity index (χ3v) is 13.3. The van der Waals surface area contributed by atoms with Gasteiger partial charge in [-0.15, -0.1) is 0 Å². The van der Waals surface area contributed by atoms with Crippen LogP contribution in [-0.4, -0.2) is 5.54 Å². The van der Waals surface area contributed by atoms with Crippen molar-refractivity contribution < 1.29 is 0 Å². The highest BCUT2D eigenvalue weighted by molar-refractivity contribution is 6.00. The molecule has 1 nitrogen and oxygen atoms in total. The maximum absolute atomic E-state index is 2.71. The van der Waals surface area contributed by atoms with Gasteiger partial charge < -0.3 is 4.90 Å². The summed E-state index contributed by atoms with van der Waals surface area (Å²) in [5.41, 5.74) is 15.3. The van der Waals surface area contributed by atoms with Crippen molar-refractivity contribution in [2.45, 2.75) is 63.3 Å². The maximum Gasteiger partial charge on any atom is 0.0833 e.